The van der Waals surface area contributed by atoms with Crippen LogP contribution in [0, 0.1) is 5.92 Å². The fourth-order valence-corrected chi connectivity index (χ4v) is 2.66. The summed E-state index contributed by atoms with van der Waals surface area (Å²) in [5.74, 6) is -1.08. The van der Waals surface area contributed by atoms with Crippen molar-refractivity contribution in [2.24, 2.45) is 5.92 Å². The van der Waals surface area contributed by atoms with Gasteiger partial charge in [-0.3, -0.25) is 14.4 Å². The molecule has 6 heteroatoms. The van der Waals surface area contributed by atoms with Gasteiger partial charge in [0.05, 0.1) is 12.0 Å². The Morgan fingerprint density at radius 1 is 1.29 bits per heavy atom. The molecule has 0 spiro atoms. The predicted octanol–water partition coefficient (Wildman–Crippen LogP) is 1.07. The lowest BCUT2D eigenvalue weighted by Gasteiger charge is -2.38. The zero-order chi connectivity index (χ0) is 15.0. The number of carbonyl (C=O) groups excluding carboxylic acids is 1. The third-order valence-corrected chi connectivity index (χ3v) is 3.69. The van der Waals surface area contributed by atoms with Crippen molar-refractivity contribution in [2.45, 2.75) is 6.42 Å². The molecule has 0 atom stereocenters. The lowest BCUT2D eigenvalue weighted by molar-refractivity contribution is -0.139. The second-order valence-electron chi connectivity index (χ2n) is 5.27. The zero-order valence-electron chi connectivity index (χ0n) is 11.2. The summed E-state index contributed by atoms with van der Waals surface area (Å²) in [7, 11) is 0. The number of likely N-dealkylation sites (tertiary alicyclic amines) is 1. The number of hydrogen-bond acceptors (Lipinski definition) is 3. The van der Waals surface area contributed by atoms with Gasteiger partial charge in [0.15, 0.2) is 0 Å². The van der Waals surface area contributed by atoms with Crippen LogP contribution in [0.25, 0.3) is 10.9 Å². The molecular formula is C15H14N2O4. The van der Waals surface area contributed by atoms with Crippen LogP contribution in [0.2, 0.25) is 0 Å². The number of aliphatic carboxylic acids is 1. The highest BCUT2D eigenvalue weighted by Crippen LogP contribution is 2.23. The summed E-state index contributed by atoms with van der Waals surface area (Å²) in [6.45, 7) is 0.846. The fraction of sp³-hybridized carbons (Fsp3) is 0.267. The van der Waals surface area contributed by atoms with Crippen molar-refractivity contribution < 1.29 is 14.7 Å². The van der Waals surface area contributed by atoms with Gasteiger partial charge in [-0.25, -0.2) is 0 Å². The van der Waals surface area contributed by atoms with Crippen molar-refractivity contribution in [2.75, 3.05) is 13.1 Å². The van der Waals surface area contributed by atoms with E-state index >= 15 is 0 Å². The SMILES string of the molecule is O=C(O)CC1CN(C(=O)c2cc(=O)[nH]c3ccccc23)C1. The second-order valence-corrected chi connectivity index (χ2v) is 5.27. The van der Waals surface area contributed by atoms with Crippen molar-refractivity contribution in [1.82, 2.24) is 9.88 Å². The summed E-state index contributed by atoms with van der Waals surface area (Å²) in [6, 6.07) is 8.43. The van der Waals surface area contributed by atoms with E-state index in [0.29, 0.717) is 29.6 Å². The van der Waals surface area contributed by atoms with Crippen LogP contribution in [0.15, 0.2) is 35.1 Å². The number of amides is 1. The number of fused-ring (bicyclic) bond motifs is 1. The molecule has 0 aliphatic carbocycles. The first-order valence-electron chi connectivity index (χ1n) is 6.68. The molecule has 1 aliphatic heterocycles. The van der Waals surface area contributed by atoms with Crippen molar-refractivity contribution in [3.63, 3.8) is 0 Å². The van der Waals surface area contributed by atoms with Crippen molar-refractivity contribution >= 4 is 22.8 Å². The normalized spacial score (nSPS) is 15.0. The Hall–Kier alpha value is -2.63. The Bertz CT molecular complexity index is 775. The highest BCUT2D eigenvalue weighted by molar-refractivity contribution is 6.06. The molecule has 2 aromatic rings. The number of aromatic amines is 1. The van der Waals surface area contributed by atoms with Gasteiger partial charge in [-0.2, -0.15) is 0 Å². The molecule has 1 aromatic heterocycles. The zero-order valence-corrected chi connectivity index (χ0v) is 11.2. The van der Waals surface area contributed by atoms with Crippen LogP contribution in [0.1, 0.15) is 16.8 Å². The minimum Gasteiger partial charge on any atom is -0.481 e. The van der Waals surface area contributed by atoms with Crippen LogP contribution < -0.4 is 5.56 Å². The lowest BCUT2D eigenvalue weighted by atomic mass is 9.95. The van der Waals surface area contributed by atoms with Gasteiger partial charge in [-0.15, -0.1) is 0 Å². The van der Waals surface area contributed by atoms with Gasteiger partial charge < -0.3 is 15.0 Å². The fourth-order valence-electron chi connectivity index (χ4n) is 2.66. The van der Waals surface area contributed by atoms with Crippen molar-refractivity contribution in [3.05, 3.63) is 46.2 Å². The molecule has 0 radical (unpaired) electrons. The van der Waals surface area contributed by atoms with E-state index < -0.39 is 5.97 Å². The topological polar surface area (TPSA) is 90.5 Å². The van der Waals surface area contributed by atoms with E-state index in [4.69, 9.17) is 5.11 Å². The number of hydrogen-bond donors (Lipinski definition) is 2. The third-order valence-electron chi connectivity index (χ3n) is 3.69. The van der Waals surface area contributed by atoms with E-state index in [1.54, 1.807) is 29.2 Å². The Morgan fingerprint density at radius 3 is 2.71 bits per heavy atom. The van der Waals surface area contributed by atoms with Crippen molar-refractivity contribution in [1.29, 1.82) is 0 Å². The number of carboxylic acid groups (broad SMARTS) is 1. The molecule has 1 amide bonds. The average molecular weight is 286 g/mol. The molecule has 1 aromatic carbocycles. The molecule has 3 rings (SSSR count). The van der Waals surface area contributed by atoms with Crippen LogP contribution in [0.5, 0.6) is 0 Å². The molecule has 2 N–H and O–H groups in total. The summed E-state index contributed by atoms with van der Waals surface area (Å²) >= 11 is 0. The van der Waals surface area contributed by atoms with E-state index in [1.807, 2.05) is 0 Å². The molecule has 0 unspecified atom stereocenters. The molecule has 1 fully saturated rings. The standard InChI is InChI=1S/C15H14N2O4/c18-13-6-11(10-3-1-2-4-12(10)16-13)15(21)17-7-9(8-17)5-14(19)20/h1-4,6,9H,5,7-8H2,(H,16,18)(H,19,20). The van der Waals surface area contributed by atoms with E-state index in [1.165, 1.54) is 6.07 Å². The molecule has 21 heavy (non-hydrogen) atoms. The van der Waals surface area contributed by atoms with E-state index in [9.17, 15) is 14.4 Å². The number of nitrogens with zero attached hydrogens (tertiary/aromatic N) is 1. The number of H-pyrrole nitrogens is 1. The summed E-state index contributed by atoms with van der Waals surface area (Å²) in [5.41, 5.74) is 0.666. The first kappa shape index (κ1) is 13.4. The van der Waals surface area contributed by atoms with Gasteiger partial charge in [0, 0.05) is 36.0 Å². The van der Waals surface area contributed by atoms with Crippen LogP contribution in [0.4, 0.5) is 0 Å². The average Bonchev–Trinajstić information content (AvgIpc) is 2.40. The van der Waals surface area contributed by atoms with Crippen LogP contribution in [-0.4, -0.2) is 40.0 Å². The summed E-state index contributed by atoms with van der Waals surface area (Å²) < 4.78 is 0. The monoisotopic (exact) mass is 286 g/mol. The molecule has 1 aliphatic rings. The van der Waals surface area contributed by atoms with Crippen LogP contribution >= 0.6 is 0 Å². The number of rotatable bonds is 3. The minimum absolute atomic E-state index is 0.000268. The Balaban J connectivity index is 1.86. The van der Waals surface area contributed by atoms with Crippen LogP contribution in [-0.2, 0) is 4.79 Å². The number of benzene rings is 1. The molecule has 1 saturated heterocycles. The van der Waals surface area contributed by atoms with Gasteiger partial charge >= 0.3 is 5.97 Å². The summed E-state index contributed by atoms with van der Waals surface area (Å²) in [6.07, 6.45) is 0.0693. The third kappa shape index (κ3) is 2.52. The molecular weight excluding hydrogens is 272 g/mol. The molecule has 6 nitrogen and oxygen atoms in total. The number of nitrogens with one attached hydrogen (secondary N) is 1. The lowest BCUT2D eigenvalue weighted by Crippen LogP contribution is -2.50. The van der Waals surface area contributed by atoms with Gasteiger partial charge in [0.1, 0.15) is 0 Å². The quantitative estimate of drug-likeness (QED) is 0.883. The van der Waals surface area contributed by atoms with Crippen molar-refractivity contribution in [3.8, 4) is 0 Å². The van der Waals surface area contributed by atoms with E-state index in [2.05, 4.69) is 4.98 Å². The van der Waals surface area contributed by atoms with Gasteiger partial charge in [0.25, 0.3) is 5.91 Å². The number of pyridine rings is 1. The predicted molar refractivity (Wildman–Crippen MR) is 76.2 cm³/mol. The number of carboxylic acids is 1. The van der Waals surface area contributed by atoms with Gasteiger partial charge in [-0.05, 0) is 6.07 Å². The Kier molecular flexibility index (Phi) is 3.21. The Morgan fingerprint density at radius 2 is 2.00 bits per heavy atom. The first-order chi connectivity index (χ1) is 10.0. The highest BCUT2D eigenvalue weighted by Gasteiger charge is 2.33. The molecule has 0 bridgehead atoms. The van der Waals surface area contributed by atoms with E-state index in [-0.39, 0.29) is 23.8 Å². The van der Waals surface area contributed by atoms with Gasteiger partial charge in [-0.1, -0.05) is 18.2 Å². The first-order valence-corrected chi connectivity index (χ1v) is 6.68. The maximum absolute atomic E-state index is 12.5. The second kappa shape index (κ2) is 5.05. The largest absolute Gasteiger partial charge is 0.481 e. The number of aromatic nitrogens is 1. The number of carbonyl (C=O) groups is 2. The van der Waals surface area contributed by atoms with Gasteiger partial charge in [0.2, 0.25) is 5.56 Å². The molecule has 2 heterocycles. The summed E-state index contributed by atoms with van der Waals surface area (Å²) in [5, 5.41) is 9.42. The summed E-state index contributed by atoms with van der Waals surface area (Å²) in [4.78, 5) is 39.0. The smallest absolute Gasteiger partial charge is 0.303 e. The molecule has 0 saturated carbocycles. The molecule has 108 valence electrons. The highest BCUT2D eigenvalue weighted by atomic mass is 16.4. The Labute approximate surface area is 120 Å². The number of para-hydroxylation sites is 1. The maximum Gasteiger partial charge on any atom is 0.303 e. The van der Waals surface area contributed by atoms with E-state index in [0.717, 1.165) is 0 Å². The van der Waals surface area contributed by atoms with Crippen LogP contribution in [0.3, 0.4) is 0 Å². The minimum atomic E-state index is -0.853. The maximum atomic E-state index is 12.5.